The Bertz CT molecular complexity index is 515. The summed E-state index contributed by atoms with van der Waals surface area (Å²) in [5.41, 5.74) is 1.39. The predicted octanol–water partition coefficient (Wildman–Crippen LogP) is 4.15. The van der Waals surface area contributed by atoms with Gasteiger partial charge in [0.2, 0.25) is 0 Å². The number of unbranched alkanes of at least 4 members (excludes halogenated alkanes) is 1. The summed E-state index contributed by atoms with van der Waals surface area (Å²) in [5.74, 6) is 0.775. The third-order valence-electron chi connectivity index (χ3n) is 4.63. The molecule has 0 spiro atoms. The highest BCUT2D eigenvalue weighted by Crippen LogP contribution is 2.17. The molecular weight excluding hydrogens is 382 g/mol. The van der Waals surface area contributed by atoms with Crippen molar-refractivity contribution in [2.75, 3.05) is 52.9 Å². The first-order valence-corrected chi connectivity index (χ1v) is 11.6. The van der Waals surface area contributed by atoms with Crippen molar-refractivity contribution in [3.05, 3.63) is 11.9 Å². The van der Waals surface area contributed by atoms with Crippen molar-refractivity contribution >= 4 is 0 Å². The Morgan fingerprint density at radius 2 is 1.40 bits per heavy atom. The zero-order valence-corrected chi connectivity index (χ0v) is 20.0. The van der Waals surface area contributed by atoms with Gasteiger partial charge >= 0.3 is 0 Å². The fourth-order valence-corrected chi connectivity index (χ4v) is 2.72. The first-order valence-electron chi connectivity index (χ1n) is 11.6. The zero-order valence-electron chi connectivity index (χ0n) is 20.0. The number of rotatable bonds is 19. The highest BCUT2D eigenvalue weighted by molar-refractivity contribution is 4.92. The molecule has 0 aliphatic rings. The summed E-state index contributed by atoms with van der Waals surface area (Å²) in [6.07, 6.45) is 7.81. The van der Waals surface area contributed by atoms with Crippen molar-refractivity contribution in [1.29, 1.82) is 0 Å². The van der Waals surface area contributed by atoms with E-state index < -0.39 is 0 Å². The van der Waals surface area contributed by atoms with Crippen LogP contribution in [0.15, 0.2) is 6.20 Å². The fraction of sp³-hybridized carbons (Fsp3) is 0.913. The molecule has 0 saturated carbocycles. The van der Waals surface area contributed by atoms with Gasteiger partial charge in [-0.2, -0.15) is 0 Å². The molecule has 0 amide bonds. The third-order valence-corrected chi connectivity index (χ3v) is 4.63. The second-order valence-corrected chi connectivity index (χ2v) is 9.37. The second-order valence-electron chi connectivity index (χ2n) is 9.37. The van der Waals surface area contributed by atoms with Crippen LogP contribution in [0, 0.1) is 11.3 Å². The van der Waals surface area contributed by atoms with Crippen molar-refractivity contribution in [3.63, 3.8) is 0 Å². The van der Waals surface area contributed by atoms with Crippen LogP contribution in [-0.4, -0.2) is 67.8 Å². The molecule has 30 heavy (non-hydrogen) atoms. The van der Waals surface area contributed by atoms with Crippen LogP contribution in [-0.2, 0) is 31.9 Å². The molecule has 7 nitrogen and oxygen atoms in total. The number of ether oxygens (including phenoxy) is 4. The Morgan fingerprint density at radius 3 is 1.97 bits per heavy atom. The minimum Gasteiger partial charge on any atom is -0.379 e. The van der Waals surface area contributed by atoms with E-state index in [2.05, 4.69) is 44.9 Å². The van der Waals surface area contributed by atoms with Gasteiger partial charge in [0.1, 0.15) is 0 Å². The maximum absolute atomic E-state index is 5.60. The van der Waals surface area contributed by atoms with E-state index in [0.717, 1.165) is 37.6 Å². The molecule has 0 aromatic carbocycles. The molecule has 0 aliphatic heterocycles. The second kappa shape index (κ2) is 16.6. The van der Waals surface area contributed by atoms with Gasteiger partial charge in [-0.15, -0.1) is 5.10 Å². The van der Waals surface area contributed by atoms with Crippen LogP contribution in [0.5, 0.6) is 0 Å². The zero-order chi connectivity index (χ0) is 22.1. The summed E-state index contributed by atoms with van der Waals surface area (Å²) in [6, 6.07) is 0. The lowest BCUT2D eigenvalue weighted by Crippen LogP contribution is -2.14. The molecule has 0 radical (unpaired) electrons. The van der Waals surface area contributed by atoms with E-state index in [4.69, 9.17) is 18.9 Å². The van der Waals surface area contributed by atoms with E-state index in [0.29, 0.717) is 51.7 Å². The maximum atomic E-state index is 5.60. The Morgan fingerprint density at radius 1 is 0.833 bits per heavy atom. The molecule has 176 valence electrons. The van der Waals surface area contributed by atoms with Crippen molar-refractivity contribution in [1.82, 2.24) is 15.0 Å². The predicted molar refractivity (Wildman–Crippen MR) is 120 cm³/mol. The van der Waals surface area contributed by atoms with E-state index >= 15 is 0 Å². The van der Waals surface area contributed by atoms with Crippen molar-refractivity contribution in [2.24, 2.45) is 11.3 Å². The van der Waals surface area contributed by atoms with E-state index in [9.17, 15) is 0 Å². The van der Waals surface area contributed by atoms with Crippen LogP contribution in [0.4, 0.5) is 0 Å². The van der Waals surface area contributed by atoms with Crippen molar-refractivity contribution in [3.8, 4) is 0 Å². The van der Waals surface area contributed by atoms with Crippen molar-refractivity contribution in [2.45, 2.75) is 73.3 Å². The van der Waals surface area contributed by atoms with Crippen LogP contribution in [0.2, 0.25) is 0 Å². The monoisotopic (exact) mass is 427 g/mol. The average Bonchev–Trinajstić information content (AvgIpc) is 3.12. The Kier molecular flexibility index (Phi) is 15.0. The minimum atomic E-state index is 0.321. The number of hydrogen-bond acceptors (Lipinski definition) is 6. The normalized spacial score (nSPS) is 12.2. The van der Waals surface area contributed by atoms with Gasteiger partial charge in [0.25, 0.3) is 0 Å². The van der Waals surface area contributed by atoms with Gasteiger partial charge in [-0.3, -0.25) is 0 Å². The van der Waals surface area contributed by atoms with E-state index in [-0.39, 0.29) is 0 Å². The molecule has 7 heteroatoms. The van der Waals surface area contributed by atoms with Gasteiger partial charge in [0.15, 0.2) is 0 Å². The molecule has 1 aromatic rings. The van der Waals surface area contributed by atoms with E-state index in [1.807, 2.05) is 10.9 Å². The quantitative estimate of drug-likeness (QED) is 0.309. The van der Waals surface area contributed by atoms with Gasteiger partial charge in [0.05, 0.1) is 58.5 Å². The molecule has 0 bridgehead atoms. The molecule has 1 rings (SSSR count). The summed E-state index contributed by atoms with van der Waals surface area (Å²) in [5, 5.41) is 8.40. The largest absolute Gasteiger partial charge is 0.379 e. The lowest BCUT2D eigenvalue weighted by atomic mass is 9.93. The molecule has 1 aromatic heterocycles. The third kappa shape index (κ3) is 16.7. The van der Waals surface area contributed by atoms with Crippen LogP contribution in [0.1, 0.15) is 66.0 Å². The smallest absolute Gasteiger partial charge is 0.0827 e. The maximum Gasteiger partial charge on any atom is 0.0827 e. The van der Waals surface area contributed by atoms with E-state index in [1.165, 1.54) is 19.3 Å². The number of aryl methyl sites for hydroxylation is 1. The standard InChI is InChI=1S/C23H45N3O4/c1-21(2)8-6-7-9-22-20-26(25-24-22)11-13-28-15-17-30-19-18-29-16-14-27-12-10-23(3,4)5/h20-21H,6-19H2,1-5H3. The van der Waals surface area contributed by atoms with E-state index in [1.54, 1.807) is 0 Å². The Labute approximate surface area is 183 Å². The van der Waals surface area contributed by atoms with Crippen LogP contribution in [0.25, 0.3) is 0 Å². The Balaban J connectivity index is 1.84. The van der Waals surface area contributed by atoms with Crippen LogP contribution < -0.4 is 0 Å². The lowest BCUT2D eigenvalue weighted by molar-refractivity contribution is -0.00491. The van der Waals surface area contributed by atoms with Gasteiger partial charge in [-0.1, -0.05) is 52.7 Å². The molecule has 0 saturated heterocycles. The molecule has 0 N–H and O–H groups in total. The summed E-state index contributed by atoms with van der Waals surface area (Å²) < 4.78 is 24.0. The number of hydrogen-bond donors (Lipinski definition) is 0. The summed E-state index contributed by atoms with van der Waals surface area (Å²) in [4.78, 5) is 0. The summed E-state index contributed by atoms with van der Waals surface area (Å²) >= 11 is 0. The fourth-order valence-electron chi connectivity index (χ4n) is 2.72. The molecule has 0 aliphatic carbocycles. The molecule has 0 unspecified atom stereocenters. The first kappa shape index (κ1) is 27.0. The highest BCUT2D eigenvalue weighted by atomic mass is 16.6. The first-order chi connectivity index (χ1) is 14.4. The number of nitrogens with zero attached hydrogens (tertiary/aromatic N) is 3. The van der Waals surface area contributed by atoms with Crippen molar-refractivity contribution < 1.29 is 18.9 Å². The van der Waals surface area contributed by atoms with Gasteiger partial charge in [-0.25, -0.2) is 4.68 Å². The van der Waals surface area contributed by atoms with Gasteiger partial charge < -0.3 is 18.9 Å². The highest BCUT2D eigenvalue weighted by Gasteiger charge is 2.09. The molecule has 0 fully saturated rings. The molecule has 0 atom stereocenters. The molecule has 1 heterocycles. The average molecular weight is 428 g/mol. The summed E-state index contributed by atoms with van der Waals surface area (Å²) in [6.45, 7) is 16.9. The SMILES string of the molecule is CC(C)CCCCc1cn(CCOCCOCCOCCOCCC(C)(C)C)nn1. The Hall–Kier alpha value is -1.02. The summed E-state index contributed by atoms with van der Waals surface area (Å²) in [7, 11) is 0. The topological polar surface area (TPSA) is 67.6 Å². The van der Waals surface area contributed by atoms with Crippen LogP contribution in [0.3, 0.4) is 0 Å². The minimum absolute atomic E-state index is 0.321. The molecular formula is C23H45N3O4. The lowest BCUT2D eigenvalue weighted by Gasteiger charge is -2.17. The number of aromatic nitrogens is 3. The van der Waals surface area contributed by atoms with Gasteiger partial charge in [-0.05, 0) is 30.6 Å². The van der Waals surface area contributed by atoms with Gasteiger partial charge in [0, 0.05) is 12.8 Å². The van der Waals surface area contributed by atoms with Crippen LogP contribution >= 0.6 is 0 Å².